The van der Waals surface area contributed by atoms with Crippen molar-refractivity contribution in [1.82, 2.24) is 5.32 Å². The lowest BCUT2D eigenvalue weighted by molar-refractivity contribution is -0.149. The van der Waals surface area contributed by atoms with Gasteiger partial charge in [-0.25, -0.2) is 4.79 Å². The van der Waals surface area contributed by atoms with E-state index in [2.05, 4.69) is 10.6 Å². The summed E-state index contributed by atoms with van der Waals surface area (Å²) in [4.78, 5) is 45.6. The van der Waals surface area contributed by atoms with Crippen LogP contribution in [0.15, 0.2) is 48.5 Å². The number of hydrogen-bond donors (Lipinski definition) is 2. The molecule has 8 nitrogen and oxygen atoms in total. The van der Waals surface area contributed by atoms with Crippen molar-refractivity contribution in [3.05, 3.63) is 59.7 Å². The van der Waals surface area contributed by atoms with Gasteiger partial charge in [-0.3, -0.25) is 14.4 Å². The molecule has 0 saturated heterocycles. The van der Waals surface area contributed by atoms with Gasteiger partial charge in [-0.05, 0) is 42.5 Å². The molecule has 0 aliphatic carbocycles. The van der Waals surface area contributed by atoms with E-state index in [4.69, 9.17) is 9.47 Å². The second-order valence-corrected chi connectivity index (χ2v) is 5.34. The van der Waals surface area contributed by atoms with Gasteiger partial charge in [0.2, 0.25) is 0 Å². The van der Waals surface area contributed by atoms with Crippen LogP contribution < -0.4 is 15.4 Å². The minimum atomic E-state index is -0.719. The molecule has 2 aromatic rings. The zero-order valence-electron chi connectivity index (χ0n) is 14.6. The maximum atomic E-state index is 11.8. The predicted octanol–water partition coefficient (Wildman–Crippen LogP) is 1.42. The summed E-state index contributed by atoms with van der Waals surface area (Å²) in [6.07, 6.45) is 0.695. The van der Waals surface area contributed by atoms with Crippen molar-refractivity contribution in [3.63, 3.8) is 0 Å². The molecule has 2 aromatic carbocycles. The largest absolute Gasteiger partial charge is 0.482 e. The molecule has 0 saturated carbocycles. The Labute approximate surface area is 155 Å². The summed E-state index contributed by atoms with van der Waals surface area (Å²) in [5, 5.41) is 5.02. The van der Waals surface area contributed by atoms with E-state index >= 15 is 0 Å². The maximum Gasteiger partial charge on any atom is 0.344 e. The van der Waals surface area contributed by atoms with E-state index in [0.717, 1.165) is 0 Å². The van der Waals surface area contributed by atoms with Crippen LogP contribution in [0.5, 0.6) is 5.75 Å². The minimum absolute atomic E-state index is 0.282. The number of hydrogen-bond acceptors (Lipinski definition) is 6. The molecule has 0 spiro atoms. The lowest BCUT2D eigenvalue weighted by Crippen LogP contribution is -2.24. The van der Waals surface area contributed by atoms with Crippen LogP contribution in [-0.2, 0) is 14.3 Å². The smallest absolute Gasteiger partial charge is 0.344 e. The van der Waals surface area contributed by atoms with Crippen molar-refractivity contribution in [2.45, 2.75) is 0 Å². The second kappa shape index (κ2) is 9.71. The number of amides is 2. The number of rotatable bonds is 8. The number of esters is 1. The van der Waals surface area contributed by atoms with Crippen LogP contribution >= 0.6 is 0 Å². The molecule has 8 heteroatoms. The van der Waals surface area contributed by atoms with Gasteiger partial charge in [-0.1, -0.05) is 6.07 Å². The van der Waals surface area contributed by atoms with Crippen LogP contribution in [0.1, 0.15) is 20.7 Å². The van der Waals surface area contributed by atoms with Crippen molar-refractivity contribution < 1.29 is 28.7 Å². The van der Waals surface area contributed by atoms with Crippen molar-refractivity contribution in [2.75, 3.05) is 25.6 Å². The normalized spacial score (nSPS) is 9.81. The molecule has 2 rings (SSSR count). The number of carbonyl (C=O) groups is 4. The van der Waals surface area contributed by atoms with Crippen LogP contribution in [0.25, 0.3) is 0 Å². The Bertz CT molecular complexity index is 832. The van der Waals surface area contributed by atoms with Gasteiger partial charge in [0.1, 0.15) is 12.0 Å². The first-order valence-corrected chi connectivity index (χ1v) is 7.97. The number of benzene rings is 2. The average molecular weight is 370 g/mol. The fraction of sp³-hybridized carbons (Fsp3) is 0.158. The minimum Gasteiger partial charge on any atom is -0.482 e. The lowest BCUT2D eigenvalue weighted by Gasteiger charge is -2.09. The van der Waals surface area contributed by atoms with E-state index in [-0.39, 0.29) is 12.5 Å². The van der Waals surface area contributed by atoms with Crippen LogP contribution in [0.2, 0.25) is 0 Å². The lowest BCUT2D eigenvalue weighted by atomic mass is 10.2. The number of anilines is 1. The average Bonchev–Trinajstić information content (AvgIpc) is 2.70. The summed E-state index contributed by atoms with van der Waals surface area (Å²) in [5.41, 5.74) is 1.28. The Morgan fingerprint density at radius 2 is 1.78 bits per heavy atom. The number of carbonyl (C=O) groups excluding carboxylic acids is 4. The highest BCUT2D eigenvalue weighted by atomic mass is 16.6. The number of ether oxygens (including phenoxy) is 2. The summed E-state index contributed by atoms with van der Waals surface area (Å²) in [5.74, 6) is -1.15. The van der Waals surface area contributed by atoms with Crippen molar-refractivity contribution in [1.29, 1.82) is 0 Å². The van der Waals surface area contributed by atoms with Crippen LogP contribution in [0, 0.1) is 0 Å². The van der Waals surface area contributed by atoms with Gasteiger partial charge in [-0.2, -0.15) is 0 Å². The molecular weight excluding hydrogens is 352 g/mol. The fourth-order valence-corrected chi connectivity index (χ4v) is 2.05. The van der Waals surface area contributed by atoms with Gasteiger partial charge in [-0.15, -0.1) is 0 Å². The first-order valence-electron chi connectivity index (χ1n) is 7.97. The van der Waals surface area contributed by atoms with Crippen LogP contribution in [0.4, 0.5) is 5.69 Å². The number of nitrogens with one attached hydrogen (secondary N) is 2. The van der Waals surface area contributed by atoms with Crippen molar-refractivity contribution in [3.8, 4) is 5.75 Å². The Hall–Kier alpha value is -3.68. The zero-order chi connectivity index (χ0) is 19.6. The van der Waals surface area contributed by atoms with E-state index in [1.807, 2.05) is 0 Å². The van der Waals surface area contributed by atoms with E-state index in [1.165, 1.54) is 13.1 Å². The molecule has 0 atom stereocenters. The van der Waals surface area contributed by atoms with E-state index in [1.54, 1.807) is 42.5 Å². The first-order chi connectivity index (χ1) is 13.0. The molecule has 0 fully saturated rings. The molecule has 2 amide bonds. The van der Waals surface area contributed by atoms with Crippen molar-refractivity contribution >= 4 is 29.8 Å². The monoisotopic (exact) mass is 370 g/mol. The third kappa shape index (κ3) is 6.28. The Morgan fingerprint density at radius 3 is 2.44 bits per heavy atom. The summed E-state index contributed by atoms with van der Waals surface area (Å²) < 4.78 is 10.0. The fourth-order valence-electron chi connectivity index (χ4n) is 2.05. The van der Waals surface area contributed by atoms with Crippen molar-refractivity contribution in [2.24, 2.45) is 0 Å². The molecule has 140 valence electrons. The second-order valence-electron chi connectivity index (χ2n) is 5.34. The Morgan fingerprint density at radius 1 is 1.04 bits per heavy atom. The van der Waals surface area contributed by atoms with E-state index < -0.39 is 18.5 Å². The number of aldehydes is 1. The Kier molecular flexibility index (Phi) is 7.07. The highest BCUT2D eigenvalue weighted by molar-refractivity contribution is 5.97. The van der Waals surface area contributed by atoms with Gasteiger partial charge >= 0.3 is 5.97 Å². The molecule has 0 heterocycles. The molecule has 0 radical (unpaired) electrons. The first kappa shape index (κ1) is 19.6. The summed E-state index contributed by atoms with van der Waals surface area (Å²) in [6, 6.07) is 12.5. The zero-order valence-corrected chi connectivity index (χ0v) is 14.6. The van der Waals surface area contributed by atoms with Gasteiger partial charge in [0.25, 0.3) is 11.8 Å². The summed E-state index contributed by atoms with van der Waals surface area (Å²) in [7, 11) is 1.51. The van der Waals surface area contributed by atoms with Gasteiger partial charge in [0.15, 0.2) is 13.2 Å². The molecule has 0 aromatic heterocycles. The highest BCUT2D eigenvalue weighted by Gasteiger charge is 2.10. The van der Waals surface area contributed by atoms with Gasteiger partial charge < -0.3 is 20.1 Å². The Balaban J connectivity index is 1.76. The highest BCUT2D eigenvalue weighted by Crippen LogP contribution is 2.12. The quantitative estimate of drug-likeness (QED) is 0.537. The molecule has 27 heavy (non-hydrogen) atoms. The van der Waals surface area contributed by atoms with E-state index in [0.29, 0.717) is 28.8 Å². The standard InChI is InChI=1S/C19H18N2O6/c1-20-19(25)14-3-2-4-15(9-14)21-17(23)11-27-18(24)12-26-16-7-5-13(10-22)6-8-16/h2-10H,11-12H2,1H3,(H,20,25)(H,21,23). The van der Waals surface area contributed by atoms with Crippen LogP contribution in [0.3, 0.4) is 0 Å². The van der Waals surface area contributed by atoms with Crippen LogP contribution in [-0.4, -0.2) is 44.3 Å². The summed E-state index contributed by atoms with van der Waals surface area (Å²) >= 11 is 0. The van der Waals surface area contributed by atoms with E-state index in [9.17, 15) is 19.2 Å². The summed E-state index contributed by atoms with van der Waals surface area (Å²) in [6.45, 7) is -0.865. The SMILES string of the molecule is CNC(=O)c1cccc(NC(=O)COC(=O)COc2ccc(C=O)cc2)c1. The molecule has 0 bridgehead atoms. The molecular formula is C19H18N2O6. The van der Waals surface area contributed by atoms with Gasteiger partial charge in [0.05, 0.1) is 0 Å². The topological polar surface area (TPSA) is 111 Å². The predicted molar refractivity (Wildman–Crippen MR) is 96.7 cm³/mol. The third-order valence-electron chi connectivity index (χ3n) is 3.37. The molecule has 0 aliphatic heterocycles. The van der Waals surface area contributed by atoms with Gasteiger partial charge in [0, 0.05) is 23.9 Å². The molecule has 0 aliphatic rings. The maximum absolute atomic E-state index is 11.8. The third-order valence-corrected chi connectivity index (χ3v) is 3.37. The molecule has 0 unspecified atom stereocenters. The molecule has 2 N–H and O–H groups in total.